The van der Waals surface area contributed by atoms with E-state index in [1.807, 2.05) is 11.4 Å². The highest BCUT2D eigenvalue weighted by atomic mass is 32.1. The molecule has 6 nitrogen and oxygen atoms in total. The van der Waals surface area contributed by atoms with Gasteiger partial charge in [0.15, 0.2) is 6.61 Å². The third-order valence-corrected chi connectivity index (χ3v) is 7.33. The zero-order valence-corrected chi connectivity index (χ0v) is 21.7. The van der Waals surface area contributed by atoms with Crippen LogP contribution in [0.25, 0.3) is 10.2 Å². The maximum Gasteiger partial charge on any atom is 0.328 e. The number of thiophene rings is 1. The minimum absolute atomic E-state index is 0.145. The molecule has 2 atom stereocenters. The molecule has 2 aromatic heterocycles. The van der Waals surface area contributed by atoms with Gasteiger partial charge in [-0.15, -0.1) is 11.3 Å². The molecule has 0 radical (unpaired) electrons. The number of hydrogen-bond acceptors (Lipinski definition) is 5. The monoisotopic (exact) mass is 484 g/mol. The van der Waals surface area contributed by atoms with Crippen LogP contribution in [-0.4, -0.2) is 36.2 Å². The third kappa shape index (κ3) is 5.81. The van der Waals surface area contributed by atoms with Crippen molar-refractivity contribution in [3.8, 4) is 5.75 Å². The van der Waals surface area contributed by atoms with E-state index in [-0.39, 0.29) is 12.5 Å². The average Bonchev–Trinajstić information content (AvgIpc) is 3.40. The average molecular weight is 485 g/mol. The van der Waals surface area contributed by atoms with Crippen LogP contribution in [0.3, 0.4) is 0 Å². The summed E-state index contributed by atoms with van der Waals surface area (Å²) in [5.74, 6) is 0.275. The lowest BCUT2D eigenvalue weighted by Crippen LogP contribution is -2.44. The minimum atomic E-state index is -0.664. The summed E-state index contributed by atoms with van der Waals surface area (Å²) >= 11 is 1.64. The van der Waals surface area contributed by atoms with Crippen LogP contribution < -0.4 is 10.1 Å². The molecule has 3 aromatic rings. The van der Waals surface area contributed by atoms with Crippen molar-refractivity contribution in [1.29, 1.82) is 0 Å². The largest absolute Gasteiger partial charge is 0.482 e. The van der Waals surface area contributed by atoms with Gasteiger partial charge in [-0.3, -0.25) is 4.79 Å². The van der Waals surface area contributed by atoms with E-state index in [9.17, 15) is 9.59 Å². The predicted octanol–water partition coefficient (Wildman–Crippen LogP) is 5.35. The molecule has 0 aliphatic carbocycles. The molecule has 0 bridgehead atoms. The predicted molar refractivity (Wildman–Crippen MR) is 138 cm³/mol. The van der Waals surface area contributed by atoms with Crippen molar-refractivity contribution in [2.24, 2.45) is 5.92 Å². The van der Waals surface area contributed by atoms with E-state index in [0.29, 0.717) is 12.3 Å². The highest BCUT2D eigenvalue weighted by Crippen LogP contribution is 2.40. The van der Waals surface area contributed by atoms with Crippen molar-refractivity contribution in [2.45, 2.75) is 66.0 Å². The first-order valence-electron chi connectivity index (χ1n) is 12.1. The number of amides is 1. The fourth-order valence-corrected chi connectivity index (χ4v) is 5.42. The first-order valence-corrected chi connectivity index (χ1v) is 13.0. The van der Waals surface area contributed by atoms with Crippen LogP contribution in [0.15, 0.2) is 35.7 Å². The number of fused-ring (bicyclic) bond motifs is 1. The summed E-state index contributed by atoms with van der Waals surface area (Å²) in [5.41, 5.74) is 3.83. The van der Waals surface area contributed by atoms with Crippen LogP contribution in [-0.2, 0) is 33.7 Å². The van der Waals surface area contributed by atoms with Crippen LogP contribution in [0.2, 0.25) is 0 Å². The van der Waals surface area contributed by atoms with Gasteiger partial charge in [0, 0.05) is 17.6 Å². The summed E-state index contributed by atoms with van der Waals surface area (Å²) in [7, 11) is 1.34. The molecule has 1 aromatic carbocycles. The summed E-state index contributed by atoms with van der Waals surface area (Å²) in [4.78, 5) is 26.0. The summed E-state index contributed by atoms with van der Waals surface area (Å²) in [6, 6.07) is 9.78. The van der Waals surface area contributed by atoms with Gasteiger partial charge in [-0.25, -0.2) is 4.79 Å². The van der Waals surface area contributed by atoms with Gasteiger partial charge in [0.25, 0.3) is 5.91 Å². The smallest absolute Gasteiger partial charge is 0.328 e. The Morgan fingerprint density at radius 1 is 1.12 bits per heavy atom. The Hall–Kier alpha value is -2.80. The number of rotatable bonds is 12. The molecule has 34 heavy (non-hydrogen) atoms. The van der Waals surface area contributed by atoms with E-state index < -0.39 is 12.0 Å². The Labute approximate surface area is 206 Å². The molecule has 1 amide bonds. The molecule has 0 aliphatic heterocycles. The standard InChI is InChI=1S/C27H36N2O4S/c1-6-18(4)14-21(27(31)32-5)28-24(30)16-33-23-17-34-26-25(23)20(7-2)22(8-3)29(26)15-19-12-10-9-11-13-19/h9-13,17-18,21H,6-8,14-16H2,1-5H3,(H,28,30)/t18?,21-/m0/s1. The van der Waals surface area contributed by atoms with Crippen LogP contribution in [0.1, 0.15) is 57.4 Å². The maximum absolute atomic E-state index is 12.7. The summed E-state index contributed by atoms with van der Waals surface area (Å²) in [6.07, 6.45) is 3.28. The Kier molecular flexibility index (Phi) is 9.16. The van der Waals surface area contributed by atoms with E-state index in [2.05, 4.69) is 61.8 Å². The number of nitrogens with one attached hydrogen (secondary N) is 1. The normalized spacial score (nSPS) is 13.0. The molecule has 0 fully saturated rings. The van der Waals surface area contributed by atoms with Gasteiger partial charge in [0.2, 0.25) is 0 Å². The number of aryl methyl sites for hydroxylation is 1. The second-order valence-electron chi connectivity index (χ2n) is 8.67. The molecular formula is C27H36N2O4S. The number of esters is 1. The van der Waals surface area contributed by atoms with Crippen LogP contribution in [0, 0.1) is 5.92 Å². The quantitative estimate of drug-likeness (QED) is 0.352. The number of carbonyl (C=O) groups is 2. The van der Waals surface area contributed by atoms with Crippen LogP contribution in [0.5, 0.6) is 5.75 Å². The lowest BCUT2D eigenvalue weighted by atomic mass is 9.99. The summed E-state index contributed by atoms with van der Waals surface area (Å²) in [5, 5.41) is 5.87. The number of hydrogen-bond donors (Lipinski definition) is 1. The molecule has 0 aliphatic rings. The molecule has 0 saturated heterocycles. The van der Waals surface area contributed by atoms with Gasteiger partial charge in [0.05, 0.1) is 12.5 Å². The Balaban J connectivity index is 1.80. The zero-order chi connectivity index (χ0) is 24.7. The number of carbonyl (C=O) groups excluding carboxylic acids is 2. The highest BCUT2D eigenvalue weighted by molar-refractivity contribution is 7.17. The van der Waals surface area contributed by atoms with E-state index in [1.165, 1.54) is 23.9 Å². The number of nitrogens with zero attached hydrogens (tertiary/aromatic N) is 1. The zero-order valence-electron chi connectivity index (χ0n) is 20.8. The van der Waals surface area contributed by atoms with Gasteiger partial charge in [-0.05, 0) is 36.3 Å². The van der Waals surface area contributed by atoms with Crippen molar-refractivity contribution in [1.82, 2.24) is 9.88 Å². The van der Waals surface area contributed by atoms with Crippen molar-refractivity contribution in [2.75, 3.05) is 13.7 Å². The highest BCUT2D eigenvalue weighted by Gasteiger charge is 2.25. The Morgan fingerprint density at radius 2 is 1.85 bits per heavy atom. The molecule has 1 unspecified atom stereocenters. The number of methoxy groups -OCH3 is 1. The number of ether oxygens (including phenoxy) is 2. The Morgan fingerprint density at radius 3 is 2.47 bits per heavy atom. The van der Waals surface area contributed by atoms with Crippen molar-refractivity contribution in [3.05, 3.63) is 52.5 Å². The molecule has 0 spiro atoms. The van der Waals surface area contributed by atoms with Gasteiger partial charge >= 0.3 is 5.97 Å². The third-order valence-electron chi connectivity index (χ3n) is 6.35. The molecule has 2 heterocycles. The molecule has 7 heteroatoms. The fourth-order valence-electron chi connectivity index (χ4n) is 4.37. The van der Waals surface area contributed by atoms with E-state index >= 15 is 0 Å². The minimum Gasteiger partial charge on any atom is -0.482 e. The number of aromatic nitrogens is 1. The van der Waals surface area contributed by atoms with Crippen LogP contribution in [0.4, 0.5) is 0 Å². The molecular weight excluding hydrogens is 448 g/mol. The molecule has 184 valence electrons. The number of benzene rings is 1. The van der Waals surface area contributed by atoms with E-state index in [4.69, 9.17) is 9.47 Å². The van der Waals surface area contributed by atoms with Crippen LogP contribution >= 0.6 is 11.3 Å². The first kappa shape index (κ1) is 25.8. The molecule has 1 N–H and O–H groups in total. The van der Waals surface area contributed by atoms with Crippen molar-refractivity contribution >= 4 is 33.4 Å². The van der Waals surface area contributed by atoms with E-state index in [1.54, 1.807) is 11.3 Å². The maximum atomic E-state index is 12.7. The van der Waals surface area contributed by atoms with Crippen molar-refractivity contribution < 1.29 is 19.1 Å². The second-order valence-corrected chi connectivity index (χ2v) is 9.52. The summed E-state index contributed by atoms with van der Waals surface area (Å²) < 4.78 is 13.3. The van der Waals surface area contributed by atoms with Gasteiger partial charge < -0.3 is 19.4 Å². The SMILES string of the molecule is CCc1c(CC)n(Cc2ccccc2)c2scc(OCC(=O)N[C@@H](CC(C)CC)C(=O)OC)c12. The second kappa shape index (κ2) is 12.1. The van der Waals surface area contributed by atoms with E-state index in [0.717, 1.165) is 41.8 Å². The Bertz CT molecular complexity index is 1100. The van der Waals surface area contributed by atoms with Gasteiger partial charge in [-0.1, -0.05) is 64.4 Å². The summed E-state index contributed by atoms with van der Waals surface area (Å²) in [6.45, 7) is 9.11. The first-order chi connectivity index (χ1) is 16.4. The van der Waals surface area contributed by atoms with Gasteiger partial charge in [0.1, 0.15) is 16.6 Å². The lowest BCUT2D eigenvalue weighted by molar-refractivity contribution is -0.145. The van der Waals surface area contributed by atoms with Crippen molar-refractivity contribution in [3.63, 3.8) is 0 Å². The fraction of sp³-hybridized carbons (Fsp3) is 0.481. The van der Waals surface area contributed by atoms with Gasteiger partial charge in [-0.2, -0.15) is 0 Å². The topological polar surface area (TPSA) is 69.6 Å². The molecule has 3 rings (SSSR count). The molecule has 0 saturated carbocycles. The lowest BCUT2D eigenvalue weighted by Gasteiger charge is -2.19.